The van der Waals surface area contributed by atoms with Gasteiger partial charge in [-0.25, -0.2) is 4.98 Å². The monoisotopic (exact) mass is 465 g/mol. The molecule has 3 rings (SSSR count). The fourth-order valence-corrected chi connectivity index (χ4v) is 4.09. The van der Waals surface area contributed by atoms with Gasteiger partial charge in [0.2, 0.25) is 11.8 Å². The molecule has 5 nitrogen and oxygen atoms in total. The van der Waals surface area contributed by atoms with E-state index in [0.29, 0.717) is 29.0 Å². The van der Waals surface area contributed by atoms with Gasteiger partial charge in [0.1, 0.15) is 0 Å². The van der Waals surface area contributed by atoms with E-state index >= 15 is 0 Å². The van der Waals surface area contributed by atoms with Crippen molar-refractivity contribution in [3.05, 3.63) is 41.4 Å². The quantitative estimate of drug-likeness (QED) is 0.662. The lowest BCUT2D eigenvalue weighted by Gasteiger charge is -2.36. The van der Waals surface area contributed by atoms with Crippen LogP contribution in [0.3, 0.4) is 0 Å². The smallest absolute Gasteiger partial charge is 0.235 e. The average Bonchev–Trinajstić information content (AvgIpc) is 3.15. The Morgan fingerprint density at radius 2 is 2.07 bits per heavy atom. The number of amides is 1. The maximum Gasteiger partial charge on any atom is 0.235 e. The van der Waals surface area contributed by atoms with Gasteiger partial charge in [-0.15, -0.1) is 36.6 Å². The second-order valence-electron chi connectivity index (χ2n) is 6.50. The number of thioether (sulfide) groups is 1. The molecule has 0 saturated carbocycles. The summed E-state index contributed by atoms with van der Waals surface area (Å²) in [6.45, 7) is 3.29. The second kappa shape index (κ2) is 11.9. The Bertz CT molecular complexity index is 742. The van der Waals surface area contributed by atoms with E-state index in [4.69, 9.17) is 21.8 Å². The van der Waals surface area contributed by atoms with Gasteiger partial charge in [0, 0.05) is 29.7 Å². The molecule has 0 aliphatic carbocycles. The SMILES string of the molecule is CC(SCc1ncc(-c2ccc(Cl)cc2)o1)C(=O)N1CCCCC1CN.Cl.Cl. The van der Waals surface area contributed by atoms with E-state index in [1.165, 1.54) is 0 Å². The van der Waals surface area contributed by atoms with Crippen LogP contribution in [0.5, 0.6) is 0 Å². The number of likely N-dealkylation sites (tertiary alicyclic amines) is 1. The third-order valence-corrected chi connectivity index (χ3v) is 6.04. The highest BCUT2D eigenvalue weighted by Crippen LogP contribution is 2.26. The van der Waals surface area contributed by atoms with Gasteiger partial charge in [0.05, 0.1) is 17.2 Å². The molecule has 2 heterocycles. The molecule has 0 bridgehead atoms. The zero-order chi connectivity index (χ0) is 18.5. The van der Waals surface area contributed by atoms with E-state index < -0.39 is 0 Å². The molecule has 1 amide bonds. The van der Waals surface area contributed by atoms with Gasteiger partial charge < -0.3 is 15.1 Å². The highest BCUT2D eigenvalue weighted by Gasteiger charge is 2.29. The number of nitrogens with two attached hydrogens (primary N) is 1. The molecule has 0 radical (unpaired) electrons. The second-order valence-corrected chi connectivity index (χ2v) is 8.26. The molecule has 2 atom stereocenters. The number of aromatic nitrogens is 1. The summed E-state index contributed by atoms with van der Waals surface area (Å²) in [7, 11) is 0. The predicted molar refractivity (Wildman–Crippen MR) is 121 cm³/mol. The van der Waals surface area contributed by atoms with Crippen LogP contribution in [0.1, 0.15) is 32.1 Å². The van der Waals surface area contributed by atoms with Crippen molar-refractivity contribution in [2.45, 2.75) is 43.2 Å². The number of rotatable bonds is 6. The number of carbonyl (C=O) groups excluding carboxylic acids is 1. The lowest BCUT2D eigenvalue weighted by atomic mass is 10.0. The van der Waals surface area contributed by atoms with E-state index in [9.17, 15) is 4.79 Å². The minimum atomic E-state index is -0.145. The van der Waals surface area contributed by atoms with Crippen LogP contribution in [0.2, 0.25) is 5.02 Å². The van der Waals surface area contributed by atoms with Crippen LogP contribution in [0.25, 0.3) is 11.3 Å². The summed E-state index contributed by atoms with van der Waals surface area (Å²) in [5, 5.41) is 0.540. The molecule has 9 heteroatoms. The Kier molecular flexibility index (Phi) is 10.7. The standard InChI is InChI=1S/C19H24ClN3O2S.2ClH/c1-13(19(24)23-9-3-2-4-16(23)10-21)26-12-18-22-11-17(25-18)14-5-7-15(20)8-6-14;;/h5-8,11,13,16H,2-4,9-10,12,21H2,1H3;2*1H. The van der Waals surface area contributed by atoms with E-state index in [2.05, 4.69) is 4.98 Å². The normalized spacial score (nSPS) is 17.4. The minimum Gasteiger partial charge on any atom is -0.440 e. The van der Waals surface area contributed by atoms with Crippen molar-refractivity contribution in [1.29, 1.82) is 0 Å². The molecule has 1 aliphatic rings. The van der Waals surface area contributed by atoms with Crippen LogP contribution >= 0.6 is 48.2 Å². The number of hydrogen-bond donors (Lipinski definition) is 1. The number of hydrogen-bond acceptors (Lipinski definition) is 5. The van der Waals surface area contributed by atoms with Crippen molar-refractivity contribution in [2.24, 2.45) is 5.73 Å². The molecular weight excluding hydrogens is 441 g/mol. The van der Waals surface area contributed by atoms with Gasteiger partial charge in [-0.05, 0) is 50.5 Å². The average molecular weight is 467 g/mol. The summed E-state index contributed by atoms with van der Waals surface area (Å²) >= 11 is 7.46. The van der Waals surface area contributed by atoms with Gasteiger partial charge in [0.25, 0.3) is 0 Å². The number of nitrogens with zero attached hydrogens (tertiary/aromatic N) is 2. The molecule has 1 aromatic heterocycles. The van der Waals surface area contributed by atoms with Crippen LogP contribution in [-0.2, 0) is 10.5 Å². The minimum absolute atomic E-state index is 0. The van der Waals surface area contributed by atoms with E-state index in [1.807, 2.05) is 36.1 Å². The van der Waals surface area contributed by atoms with Gasteiger partial charge >= 0.3 is 0 Å². The Balaban J connectivity index is 0.00000196. The van der Waals surface area contributed by atoms with Crippen LogP contribution in [-0.4, -0.2) is 40.2 Å². The predicted octanol–water partition coefficient (Wildman–Crippen LogP) is 4.80. The first-order valence-electron chi connectivity index (χ1n) is 8.91. The summed E-state index contributed by atoms with van der Waals surface area (Å²) in [5.74, 6) is 2.04. The number of halogens is 3. The van der Waals surface area contributed by atoms with Gasteiger partial charge in [-0.3, -0.25) is 4.79 Å². The fourth-order valence-electron chi connectivity index (χ4n) is 3.16. The lowest BCUT2D eigenvalue weighted by Crippen LogP contribution is -2.49. The first-order valence-corrected chi connectivity index (χ1v) is 10.3. The Hall–Kier alpha value is -0.920. The maximum atomic E-state index is 12.7. The van der Waals surface area contributed by atoms with E-state index in [0.717, 1.165) is 31.4 Å². The van der Waals surface area contributed by atoms with Gasteiger partial charge in [0.15, 0.2) is 5.76 Å². The van der Waals surface area contributed by atoms with Crippen molar-refractivity contribution in [1.82, 2.24) is 9.88 Å². The van der Waals surface area contributed by atoms with Crippen LogP contribution in [0.4, 0.5) is 0 Å². The summed E-state index contributed by atoms with van der Waals surface area (Å²) in [4.78, 5) is 19.0. The van der Waals surface area contributed by atoms with Gasteiger partial charge in [-0.1, -0.05) is 11.6 Å². The molecule has 1 fully saturated rings. The highest BCUT2D eigenvalue weighted by atomic mass is 35.5. The first kappa shape index (κ1) is 25.1. The van der Waals surface area contributed by atoms with Crippen molar-refractivity contribution < 1.29 is 9.21 Å². The number of benzene rings is 1. The topological polar surface area (TPSA) is 72.4 Å². The highest BCUT2D eigenvalue weighted by molar-refractivity contribution is 7.99. The third-order valence-electron chi connectivity index (χ3n) is 4.67. The van der Waals surface area contributed by atoms with E-state index in [-0.39, 0.29) is 42.0 Å². The maximum absolute atomic E-state index is 12.7. The lowest BCUT2D eigenvalue weighted by molar-refractivity contribution is -0.133. The van der Waals surface area contributed by atoms with Crippen molar-refractivity contribution >= 4 is 54.1 Å². The summed E-state index contributed by atoms with van der Waals surface area (Å²) < 4.78 is 5.81. The summed E-state index contributed by atoms with van der Waals surface area (Å²) in [5.41, 5.74) is 6.76. The molecule has 2 aromatic rings. The Morgan fingerprint density at radius 1 is 1.36 bits per heavy atom. The molecule has 0 spiro atoms. The van der Waals surface area contributed by atoms with Crippen LogP contribution < -0.4 is 5.73 Å². The molecule has 1 aromatic carbocycles. The number of carbonyl (C=O) groups is 1. The Labute approximate surface area is 187 Å². The Morgan fingerprint density at radius 3 is 2.75 bits per heavy atom. The molecule has 28 heavy (non-hydrogen) atoms. The van der Waals surface area contributed by atoms with Crippen molar-refractivity contribution in [2.75, 3.05) is 13.1 Å². The molecule has 1 saturated heterocycles. The van der Waals surface area contributed by atoms with Crippen LogP contribution in [0.15, 0.2) is 34.9 Å². The van der Waals surface area contributed by atoms with Crippen molar-refractivity contribution in [3.8, 4) is 11.3 Å². The fraction of sp³-hybridized carbons (Fsp3) is 0.474. The third kappa shape index (κ3) is 6.29. The molecule has 156 valence electrons. The number of oxazole rings is 1. The summed E-state index contributed by atoms with van der Waals surface area (Å²) in [6.07, 6.45) is 4.92. The van der Waals surface area contributed by atoms with Gasteiger partial charge in [-0.2, -0.15) is 0 Å². The van der Waals surface area contributed by atoms with Crippen LogP contribution in [0, 0.1) is 0 Å². The molecule has 2 unspecified atom stereocenters. The largest absolute Gasteiger partial charge is 0.440 e. The first-order chi connectivity index (χ1) is 12.6. The molecule has 2 N–H and O–H groups in total. The zero-order valence-electron chi connectivity index (χ0n) is 15.7. The molecular formula is C19H26Cl3N3O2S. The summed E-state index contributed by atoms with van der Waals surface area (Å²) in [6, 6.07) is 7.62. The molecule has 1 aliphatic heterocycles. The number of piperidine rings is 1. The zero-order valence-corrected chi connectivity index (χ0v) is 18.9. The van der Waals surface area contributed by atoms with Crippen molar-refractivity contribution in [3.63, 3.8) is 0 Å². The van der Waals surface area contributed by atoms with E-state index in [1.54, 1.807) is 18.0 Å².